The molecule has 1 saturated carbocycles. The Balaban J connectivity index is 1.75. The summed E-state index contributed by atoms with van der Waals surface area (Å²) in [5.41, 5.74) is 2.00. The maximum Gasteiger partial charge on any atom is 0.260 e. The van der Waals surface area contributed by atoms with E-state index in [4.69, 9.17) is 21.4 Å². The summed E-state index contributed by atoms with van der Waals surface area (Å²) in [7, 11) is 1.61. The van der Waals surface area contributed by atoms with Gasteiger partial charge in [0.15, 0.2) is 0 Å². The molecule has 1 fully saturated rings. The van der Waals surface area contributed by atoms with E-state index in [1.165, 1.54) is 5.01 Å². The van der Waals surface area contributed by atoms with E-state index < -0.39 is 17.3 Å². The molecule has 3 atom stereocenters. The number of nitrogens with zero attached hydrogens (tertiary/aromatic N) is 2. The highest BCUT2D eigenvalue weighted by molar-refractivity contribution is 6.31. The molecule has 6 heteroatoms. The number of halogens is 1. The van der Waals surface area contributed by atoms with E-state index in [0.29, 0.717) is 22.2 Å². The van der Waals surface area contributed by atoms with E-state index in [1.807, 2.05) is 85.8 Å². The Hall–Kier alpha value is -3.44. The summed E-state index contributed by atoms with van der Waals surface area (Å²) in [6, 6.07) is 24.5. The van der Waals surface area contributed by atoms with Crippen LogP contribution in [0.25, 0.3) is 0 Å². The lowest BCUT2D eigenvalue weighted by atomic mass is 9.54. The third-order valence-corrected chi connectivity index (χ3v) is 7.48. The Labute approximate surface area is 204 Å². The highest BCUT2D eigenvalue weighted by Crippen LogP contribution is 2.59. The molecule has 1 aliphatic carbocycles. The largest absolute Gasteiger partial charge is 0.497 e. The summed E-state index contributed by atoms with van der Waals surface area (Å²) in [6.45, 7) is 1.90. The molecular weight excluding hydrogens is 448 g/mol. The first-order valence-electron chi connectivity index (χ1n) is 11.3. The number of Topliss-reactive ketones (excluding diaryl/α,β-unsaturated/α-hetero) is 1. The van der Waals surface area contributed by atoms with Gasteiger partial charge in [0.05, 0.1) is 18.5 Å². The quantitative estimate of drug-likeness (QED) is 0.468. The number of carbonyl (C=O) groups excluding carboxylic acids is 2. The van der Waals surface area contributed by atoms with Crippen molar-refractivity contribution in [2.75, 3.05) is 12.1 Å². The van der Waals surface area contributed by atoms with Crippen LogP contribution in [0.1, 0.15) is 42.7 Å². The van der Waals surface area contributed by atoms with E-state index in [9.17, 15) is 9.59 Å². The lowest BCUT2D eigenvalue weighted by Crippen LogP contribution is -2.52. The fourth-order valence-corrected chi connectivity index (χ4v) is 5.88. The average Bonchev–Trinajstić information content (AvgIpc) is 3.12. The van der Waals surface area contributed by atoms with Crippen molar-refractivity contribution in [1.29, 1.82) is 0 Å². The topological polar surface area (TPSA) is 59.0 Å². The van der Waals surface area contributed by atoms with E-state index in [2.05, 4.69) is 0 Å². The number of anilines is 1. The van der Waals surface area contributed by atoms with Crippen LogP contribution in [0.15, 0.2) is 84.0 Å². The molecular formula is C28H25ClN2O3. The van der Waals surface area contributed by atoms with Crippen LogP contribution in [-0.4, -0.2) is 24.5 Å². The molecule has 1 heterocycles. The molecule has 0 radical (unpaired) electrons. The van der Waals surface area contributed by atoms with Crippen molar-refractivity contribution in [3.63, 3.8) is 0 Å². The van der Waals surface area contributed by atoms with Gasteiger partial charge in [0.2, 0.25) is 0 Å². The van der Waals surface area contributed by atoms with Gasteiger partial charge in [-0.25, -0.2) is 0 Å². The summed E-state index contributed by atoms with van der Waals surface area (Å²) < 4.78 is 5.47. The first-order chi connectivity index (χ1) is 16.5. The second-order valence-corrected chi connectivity index (χ2v) is 9.26. The molecule has 172 valence electrons. The number of ether oxygens (including phenoxy) is 1. The Morgan fingerprint density at radius 1 is 0.941 bits per heavy atom. The molecule has 1 spiro atoms. The van der Waals surface area contributed by atoms with Crippen LogP contribution in [0.5, 0.6) is 5.75 Å². The van der Waals surface area contributed by atoms with Crippen LogP contribution in [0.3, 0.4) is 0 Å². The molecule has 1 aliphatic heterocycles. The zero-order valence-corrected chi connectivity index (χ0v) is 19.8. The molecule has 0 aromatic heterocycles. The van der Waals surface area contributed by atoms with Gasteiger partial charge < -0.3 is 4.74 Å². The van der Waals surface area contributed by atoms with Gasteiger partial charge in [-0.05, 0) is 48.4 Å². The lowest BCUT2D eigenvalue weighted by Gasteiger charge is -2.46. The molecule has 2 aliphatic rings. The molecule has 34 heavy (non-hydrogen) atoms. The van der Waals surface area contributed by atoms with Gasteiger partial charge in [-0.15, -0.1) is 0 Å². The number of rotatable bonds is 4. The molecule has 0 bridgehead atoms. The predicted octanol–water partition coefficient (Wildman–Crippen LogP) is 5.99. The Kier molecular flexibility index (Phi) is 5.74. The molecule has 5 nitrogen and oxygen atoms in total. The minimum Gasteiger partial charge on any atom is -0.497 e. The zero-order valence-electron chi connectivity index (χ0n) is 19.1. The number of carbonyl (C=O) groups is 2. The van der Waals surface area contributed by atoms with E-state index >= 15 is 0 Å². The van der Waals surface area contributed by atoms with Crippen molar-refractivity contribution in [2.45, 2.75) is 31.6 Å². The third-order valence-electron chi connectivity index (χ3n) is 7.14. The standard InChI is InChI=1S/C28H25ClN2O3/c1-18-28(27(33)31(30-18)20-10-4-3-5-11-20)24(19-9-8-12-22(15-19)34-2)16-21(32)17-25(28)23-13-6-7-14-26(23)29/h3-15,24-25H,16-17H2,1-2H3/t24-,25-,28-/m0/s1. The Morgan fingerprint density at radius 2 is 1.65 bits per heavy atom. The van der Waals surface area contributed by atoms with Crippen LogP contribution in [0.4, 0.5) is 5.69 Å². The van der Waals surface area contributed by atoms with Crippen molar-refractivity contribution in [3.05, 3.63) is 95.0 Å². The van der Waals surface area contributed by atoms with E-state index in [0.717, 1.165) is 11.1 Å². The van der Waals surface area contributed by atoms with Crippen molar-refractivity contribution in [3.8, 4) is 5.75 Å². The first-order valence-corrected chi connectivity index (χ1v) is 11.7. The van der Waals surface area contributed by atoms with E-state index in [-0.39, 0.29) is 24.5 Å². The summed E-state index contributed by atoms with van der Waals surface area (Å²) in [6.07, 6.45) is 0.473. The van der Waals surface area contributed by atoms with Crippen molar-refractivity contribution < 1.29 is 14.3 Å². The summed E-state index contributed by atoms with van der Waals surface area (Å²) >= 11 is 6.66. The van der Waals surface area contributed by atoms with Crippen molar-refractivity contribution >= 4 is 34.7 Å². The van der Waals surface area contributed by atoms with Crippen LogP contribution < -0.4 is 9.75 Å². The molecule has 0 unspecified atom stereocenters. The second kappa shape index (κ2) is 8.73. The Bertz CT molecular complexity index is 1290. The molecule has 1 amide bonds. The van der Waals surface area contributed by atoms with Crippen molar-refractivity contribution in [2.24, 2.45) is 10.5 Å². The highest BCUT2D eigenvalue weighted by atomic mass is 35.5. The Morgan fingerprint density at radius 3 is 2.38 bits per heavy atom. The molecule has 0 saturated heterocycles. The number of hydrogen-bond donors (Lipinski definition) is 0. The summed E-state index contributed by atoms with van der Waals surface area (Å²) in [5.74, 6) is -0.206. The smallest absolute Gasteiger partial charge is 0.260 e. The highest BCUT2D eigenvalue weighted by Gasteiger charge is 2.62. The summed E-state index contributed by atoms with van der Waals surface area (Å²) in [4.78, 5) is 27.6. The van der Waals surface area contributed by atoms with E-state index in [1.54, 1.807) is 7.11 Å². The van der Waals surface area contributed by atoms with Gasteiger partial charge in [-0.3, -0.25) is 9.59 Å². The fourth-order valence-electron chi connectivity index (χ4n) is 5.61. The van der Waals surface area contributed by atoms with Gasteiger partial charge in [0.1, 0.15) is 16.9 Å². The minimum atomic E-state index is -1.05. The molecule has 0 N–H and O–H groups in total. The number of ketones is 1. The monoisotopic (exact) mass is 472 g/mol. The predicted molar refractivity (Wildman–Crippen MR) is 134 cm³/mol. The van der Waals surface area contributed by atoms with Crippen LogP contribution in [-0.2, 0) is 9.59 Å². The number of methoxy groups -OCH3 is 1. The second-order valence-electron chi connectivity index (χ2n) is 8.86. The van der Waals surface area contributed by atoms with Gasteiger partial charge in [0, 0.05) is 29.7 Å². The van der Waals surface area contributed by atoms with Crippen molar-refractivity contribution in [1.82, 2.24) is 0 Å². The normalized spacial score (nSPS) is 24.4. The van der Waals surface area contributed by atoms with Gasteiger partial charge >= 0.3 is 0 Å². The number of hydrogen-bond acceptors (Lipinski definition) is 4. The zero-order chi connectivity index (χ0) is 23.9. The van der Waals surface area contributed by atoms with Crippen LogP contribution >= 0.6 is 11.6 Å². The lowest BCUT2D eigenvalue weighted by molar-refractivity contribution is -0.131. The van der Waals surface area contributed by atoms with Gasteiger partial charge in [-0.1, -0.05) is 60.1 Å². The first kappa shape index (κ1) is 22.4. The fraction of sp³-hybridized carbons (Fsp3) is 0.250. The minimum absolute atomic E-state index is 0.0992. The number of amides is 1. The molecule has 3 aromatic carbocycles. The van der Waals surface area contributed by atoms with Crippen LogP contribution in [0.2, 0.25) is 5.02 Å². The number of para-hydroxylation sites is 1. The SMILES string of the molecule is COc1cccc([C@@H]2CC(=O)C[C@@H](c3ccccc3Cl)[C@@]23C(=O)N(c2ccccc2)N=C3C)c1. The third kappa shape index (κ3) is 3.43. The average molecular weight is 473 g/mol. The maximum absolute atomic E-state index is 14.5. The van der Waals surface area contributed by atoms with Gasteiger partial charge in [-0.2, -0.15) is 10.1 Å². The van der Waals surface area contributed by atoms with Crippen LogP contribution in [0, 0.1) is 5.41 Å². The maximum atomic E-state index is 14.5. The number of hydrazone groups is 1. The summed E-state index contributed by atoms with van der Waals surface area (Å²) in [5, 5.41) is 6.81. The molecule has 5 rings (SSSR count). The van der Waals surface area contributed by atoms with Gasteiger partial charge in [0.25, 0.3) is 5.91 Å². The number of benzene rings is 3. The molecule has 3 aromatic rings.